The number of hydrogen-bond donors (Lipinski definition) is 2. The van der Waals surface area contributed by atoms with Crippen LogP contribution in [-0.4, -0.2) is 70.1 Å². The van der Waals surface area contributed by atoms with Gasteiger partial charge in [-0.2, -0.15) is 0 Å². The van der Waals surface area contributed by atoms with Crippen molar-refractivity contribution in [1.29, 1.82) is 0 Å². The monoisotopic (exact) mass is 516 g/mol. The molecule has 2 fully saturated rings. The number of rotatable bonds is 8. The number of nitrogens with zero attached hydrogens (tertiary/aromatic N) is 2. The maximum atomic E-state index is 5.55. The van der Waals surface area contributed by atoms with E-state index in [0.29, 0.717) is 6.79 Å². The standard InChI is InChI=1S/C21H32N4O3.HI/c1-2-22-20(23-8-3-9-25-10-12-26-13-11-25)24-15-21(6-7-21)17-4-5-18-19(14-17)28-16-27-18;/h4-5,14H,2-3,6-13,15-16H2,1H3,(H2,22,23,24);1H. The van der Waals surface area contributed by atoms with Crippen LogP contribution in [-0.2, 0) is 10.2 Å². The highest BCUT2D eigenvalue weighted by atomic mass is 127. The molecule has 1 aromatic rings. The van der Waals surface area contributed by atoms with Crippen molar-refractivity contribution in [2.75, 3.05) is 59.3 Å². The highest BCUT2D eigenvalue weighted by Crippen LogP contribution is 2.50. The van der Waals surface area contributed by atoms with Crippen LogP contribution in [0, 0.1) is 0 Å². The number of hydrogen-bond acceptors (Lipinski definition) is 5. The molecule has 1 aromatic carbocycles. The number of benzene rings is 1. The van der Waals surface area contributed by atoms with E-state index in [9.17, 15) is 0 Å². The molecule has 0 atom stereocenters. The number of morpholine rings is 1. The van der Waals surface area contributed by atoms with Crippen molar-refractivity contribution in [3.63, 3.8) is 0 Å². The molecule has 162 valence electrons. The first-order chi connectivity index (χ1) is 13.8. The van der Waals surface area contributed by atoms with E-state index in [1.807, 2.05) is 6.07 Å². The van der Waals surface area contributed by atoms with E-state index in [1.165, 1.54) is 18.4 Å². The average molecular weight is 516 g/mol. The highest BCUT2D eigenvalue weighted by molar-refractivity contribution is 14.0. The van der Waals surface area contributed by atoms with Gasteiger partial charge in [0.15, 0.2) is 17.5 Å². The number of aliphatic imine (C=N–C) groups is 1. The second kappa shape index (κ2) is 10.7. The summed E-state index contributed by atoms with van der Waals surface area (Å²) in [5.74, 6) is 2.62. The number of guanidine groups is 1. The summed E-state index contributed by atoms with van der Waals surface area (Å²) in [7, 11) is 0. The second-order valence-electron chi connectivity index (χ2n) is 7.78. The van der Waals surface area contributed by atoms with Gasteiger partial charge in [0.2, 0.25) is 6.79 Å². The SMILES string of the molecule is CCNC(=NCC1(c2ccc3c(c2)OCO3)CC1)NCCCN1CCOCC1.I. The van der Waals surface area contributed by atoms with Crippen LogP contribution in [0.5, 0.6) is 11.5 Å². The van der Waals surface area contributed by atoms with E-state index < -0.39 is 0 Å². The van der Waals surface area contributed by atoms with Crippen LogP contribution in [0.4, 0.5) is 0 Å². The van der Waals surface area contributed by atoms with Gasteiger partial charge in [-0.25, -0.2) is 0 Å². The third-order valence-electron chi connectivity index (χ3n) is 5.77. The van der Waals surface area contributed by atoms with Crippen LogP contribution in [0.1, 0.15) is 31.7 Å². The Morgan fingerprint density at radius 2 is 1.93 bits per heavy atom. The summed E-state index contributed by atoms with van der Waals surface area (Å²) < 4.78 is 16.4. The third kappa shape index (κ3) is 5.88. The molecule has 0 radical (unpaired) electrons. The zero-order valence-electron chi connectivity index (χ0n) is 17.2. The minimum absolute atomic E-state index is 0. The fourth-order valence-corrected chi connectivity index (χ4v) is 3.82. The molecule has 2 heterocycles. The van der Waals surface area contributed by atoms with Gasteiger partial charge in [0.1, 0.15) is 0 Å². The van der Waals surface area contributed by atoms with E-state index in [1.54, 1.807) is 0 Å². The maximum absolute atomic E-state index is 5.55. The predicted molar refractivity (Wildman–Crippen MR) is 125 cm³/mol. The molecule has 3 aliphatic rings. The van der Waals surface area contributed by atoms with Gasteiger partial charge in [0.25, 0.3) is 0 Å². The number of nitrogens with one attached hydrogen (secondary N) is 2. The Bertz CT molecular complexity index is 691. The Labute approximate surface area is 190 Å². The minimum Gasteiger partial charge on any atom is -0.454 e. The van der Waals surface area contributed by atoms with Gasteiger partial charge in [-0.05, 0) is 50.4 Å². The van der Waals surface area contributed by atoms with Crippen LogP contribution < -0.4 is 20.1 Å². The zero-order chi connectivity index (χ0) is 19.2. The third-order valence-corrected chi connectivity index (χ3v) is 5.77. The van der Waals surface area contributed by atoms with Gasteiger partial charge in [0.05, 0.1) is 19.8 Å². The van der Waals surface area contributed by atoms with Gasteiger partial charge < -0.3 is 24.8 Å². The smallest absolute Gasteiger partial charge is 0.231 e. The molecule has 0 unspecified atom stereocenters. The molecule has 2 N–H and O–H groups in total. The van der Waals surface area contributed by atoms with E-state index >= 15 is 0 Å². The first kappa shape index (κ1) is 22.4. The van der Waals surface area contributed by atoms with Crippen LogP contribution >= 0.6 is 24.0 Å². The first-order valence-electron chi connectivity index (χ1n) is 10.5. The zero-order valence-corrected chi connectivity index (χ0v) is 19.6. The molecule has 1 saturated heterocycles. The second-order valence-corrected chi connectivity index (χ2v) is 7.78. The largest absolute Gasteiger partial charge is 0.454 e. The Balaban J connectivity index is 0.00000240. The quantitative estimate of drug-likeness (QED) is 0.240. The maximum Gasteiger partial charge on any atom is 0.231 e. The van der Waals surface area contributed by atoms with Gasteiger partial charge in [0, 0.05) is 31.6 Å². The van der Waals surface area contributed by atoms with Crippen molar-refractivity contribution in [1.82, 2.24) is 15.5 Å². The Hall–Kier alpha value is -1.26. The molecule has 0 bridgehead atoms. The lowest BCUT2D eigenvalue weighted by Gasteiger charge is -2.26. The molecule has 8 heteroatoms. The fraction of sp³-hybridized carbons (Fsp3) is 0.667. The van der Waals surface area contributed by atoms with Crippen LogP contribution in [0.3, 0.4) is 0 Å². The van der Waals surface area contributed by atoms with Crippen molar-refractivity contribution in [3.05, 3.63) is 23.8 Å². The summed E-state index contributed by atoms with van der Waals surface area (Å²) in [5.41, 5.74) is 1.46. The highest BCUT2D eigenvalue weighted by Gasteiger charge is 2.44. The number of fused-ring (bicyclic) bond motifs is 1. The molecule has 0 amide bonds. The molecular formula is C21H33IN4O3. The summed E-state index contributed by atoms with van der Waals surface area (Å²) in [5, 5.41) is 6.87. The van der Waals surface area contributed by atoms with Crippen LogP contribution in [0.25, 0.3) is 0 Å². The van der Waals surface area contributed by atoms with Crippen molar-refractivity contribution in [2.24, 2.45) is 4.99 Å². The normalized spacial score (nSPS) is 20.1. The summed E-state index contributed by atoms with van der Waals surface area (Å²) in [6.07, 6.45) is 3.46. The molecule has 7 nitrogen and oxygen atoms in total. The van der Waals surface area contributed by atoms with Crippen molar-refractivity contribution < 1.29 is 14.2 Å². The Morgan fingerprint density at radius 3 is 2.69 bits per heavy atom. The Kier molecular flexibility index (Phi) is 8.25. The molecule has 4 rings (SSSR count). The van der Waals surface area contributed by atoms with Crippen molar-refractivity contribution in [2.45, 2.75) is 31.6 Å². The van der Waals surface area contributed by atoms with E-state index in [-0.39, 0.29) is 29.4 Å². The molecule has 1 aliphatic carbocycles. The molecule has 1 saturated carbocycles. The van der Waals surface area contributed by atoms with E-state index in [0.717, 1.165) is 76.4 Å². The van der Waals surface area contributed by atoms with E-state index in [4.69, 9.17) is 19.2 Å². The van der Waals surface area contributed by atoms with Crippen LogP contribution in [0.15, 0.2) is 23.2 Å². The minimum atomic E-state index is 0. The molecule has 0 spiro atoms. The van der Waals surface area contributed by atoms with Gasteiger partial charge >= 0.3 is 0 Å². The van der Waals surface area contributed by atoms with E-state index in [2.05, 4.69) is 34.6 Å². The lowest BCUT2D eigenvalue weighted by Crippen LogP contribution is -2.41. The van der Waals surface area contributed by atoms with Crippen molar-refractivity contribution in [3.8, 4) is 11.5 Å². The van der Waals surface area contributed by atoms with Crippen molar-refractivity contribution >= 4 is 29.9 Å². The predicted octanol–water partition coefficient (Wildman–Crippen LogP) is 2.34. The lowest BCUT2D eigenvalue weighted by atomic mass is 9.96. The first-order valence-corrected chi connectivity index (χ1v) is 10.5. The average Bonchev–Trinajstić information content (AvgIpc) is 3.38. The topological polar surface area (TPSA) is 67.4 Å². The number of ether oxygens (including phenoxy) is 3. The lowest BCUT2D eigenvalue weighted by molar-refractivity contribution is 0.0376. The summed E-state index contributed by atoms with van der Waals surface area (Å²) >= 11 is 0. The Morgan fingerprint density at radius 1 is 1.14 bits per heavy atom. The van der Waals surface area contributed by atoms with Gasteiger partial charge in [-0.1, -0.05) is 6.07 Å². The number of halogens is 1. The summed E-state index contributed by atoms with van der Waals surface area (Å²) in [6.45, 7) is 9.95. The summed E-state index contributed by atoms with van der Waals surface area (Å²) in [6, 6.07) is 6.32. The molecule has 29 heavy (non-hydrogen) atoms. The van der Waals surface area contributed by atoms with Gasteiger partial charge in [-0.15, -0.1) is 24.0 Å². The summed E-state index contributed by atoms with van der Waals surface area (Å²) in [4.78, 5) is 7.36. The van der Waals surface area contributed by atoms with Gasteiger partial charge in [-0.3, -0.25) is 9.89 Å². The molecule has 2 aliphatic heterocycles. The molecule has 0 aromatic heterocycles. The molecular weight excluding hydrogens is 483 g/mol. The van der Waals surface area contributed by atoms with Crippen LogP contribution in [0.2, 0.25) is 0 Å². The fourth-order valence-electron chi connectivity index (χ4n) is 3.82.